The first-order valence-electron chi connectivity index (χ1n) is 7.33. The zero-order valence-electron chi connectivity index (χ0n) is 12.2. The topological polar surface area (TPSA) is 28.7 Å². The summed E-state index contributed by atoms with van der Waals surface area (Å²) in [4.78, 5) is 7.57. The van der Waals surface area contributed by atoms with Crippen LogP contribution in [-0.2, 0) is 0 Å². The van der Waals surface area contributed by atoms with Crippen LogP contribution in [0.1, 0.15) is 24.0 Å². The third-order valence-corrected chi connectivity index (χ3v) is 4.53. The van der Waals surface area contributed by atoms with E-state index in [0.29, 0.717) is 5.92 Å². The molecule has 0 spiro atoms. The highest BCUT2D eigenvalue weighted by Crippen LogP contribution is 2.31. The largest absolute Gasteiger partial charge is 0.355 e. The molecule has 1 N–H and O–H groups in total. The van der Waals surface area contributed by atoms with Gasteiger partial charge in [-0.05, 0) is 47.5 Å². The van der Waals surface area contributed by atoms with Crippen LogP contribution in [0.5, 0.6) is 0 Å². The van der Waals surface area contributed by atoms with Crippen LogP contribution >= 0.6 is 11.6 Å². The zero-order valence-corrected chi connectivity index (χ0v) is 12.9. The Morgan fingerprint density at radius 3 is 2.50 bits per heavy atom. The van der Waals surface area contributed by atoms with E-state index in [4.69, 9.17) is 11.6 Å². The lowest BCUT2D eigenvalue weighted by Gasteiger charge is -2.12. The average Bonchev–Trinajstić information content (AvgIpc) is 2.92. The molecule has 4 rings (SSSR count). The van der Waals surface area contributed by atoms with Gasteiger partial charge in [0.2, 0.25) is 0 Å². The van der Waals surface area contributed by atoms with Gasteiger partial charge in [-0.2, -0.15) is 0 Å². The number of fused-ring (bicyclic) bond motifs is 3. The van der Waals surface area contributed by atoms with Crippen LogP contribution in [0.25, 0.3) is 21.8 Å². The molecule has 0 aliphatic heterocycles. The highest BCUT2D eigenvalue weighted by molar-refractivity contribution is 6.31. The molecule has 0 aliphatic rings. The van der Waals surface area contributed by atoms with Gasteiger partial charge < -0.3 is 4.98 Å². The van der Waals surface area contributed by atoms with Crippen LogP contribution in [0, 0.1) is 0 Å². The van der Waals surface area contributed by atoms with Crippen molar-refractivity contribution < 1.29 is 0 Å². The minimum atomic E-state index is 0.336. The van der Waals surface area contributed by atoms with Gasteiger partial charge >= 0.3 is 0 Å². The maximum Gasteiger partial charge on any atom is 0.0467 e. The lowest BCUT2D eigenvalue weighted by Crippen LogP contribution is -1.95. The summed E-state index contributed by atoms with van der Waals surface area (Å²) in [5.74, 6) is 0.336. The highest BCUT2D eigenvalue weighted by atomic mass is 35.5. The van der Waals surface area contributed by atoms with Crippen molar-refractivity contribution in [1.82, 2.24) is 9.97 Å². The first-order valence-corrected chi connectivity index (χ1v) is 7.71. The van der Waals surface area contributed by atoms with Crippen LogP contribution in [0.4, 0.5) is 0 Å². The number of halogens is 1. The Balaban J connectivity index is 1.86. The van der Waals surface area contributed by atoms with Gasteiger partial charge in [0, 0.05) is 45.1 Å². The molecular weight excluding hydrogens is 292 g/mol. The molecule has 0 fully saturated rings. The van der Waals surface area contributed by atoms with Gasteiger partial charge in [0.15, 0.2) is 0 Å². The van der Waals surface area contributed by atoms with Crippen LogP contribution in [0.2, 0.25) is 5.02 Å². The number of H-pyrrole nitrogens is 1. The Bertz CT molecular complexity index is 957. The van der Waals surface area contributed by atoms with Gasteiger partial charge in [-0.1, -0.05) is 30.7 Å². The molecule has 2 aromatic carbocycles. The van der Waals surface area contributed by atoms with E-state index < -0.39 is 0 Å². The molecule has 1 unspecified atom stereocenters. The molecule has 2 aromatic heterocycles. The average molecular weight is 307 g/mol. The molecule has 0 saturated carbocycles. The number of nitrogens with one attached hydrogen (secondary N) is 1. The van der Waals surface area contributed by atoms with Crippen LogP contribution in [0.15, 0.2) is 60.9 Å². The fourth-order valence-corrected chi connectivity index (χ4v) is 3.18. The second-order valence-corrected chi connectivity index (χ2v) is 6.06. The maximum absolute atomic E-state index is 6.12. The summed E-state index contributed by atoms with van der Waals surface area (Å²) in [6, 6.07) is 16.7. The number of hydrogen-bond acceptors (Lipinski definition) is 1. The van der Waals surface area contributed by atoms with Crippen molar-refractivity contribution in [3.63, 3.8) is 0 Å². The summed E-state index contributed by atoms with van der Waals surface area (Å²) in [6.07, 6.45) is 3.69. The van der Waals surface area contributed by atoms with Crippen LogP contribution in [-0.4, -0.2) is 9.97 Å². The van der Waals surface area contributed by atoms with Gasteiger partial charge in [0.1, 0.15) is 0 Å². The van der Waals surface area contributed by atoms with Crippen LogP contribution < -0.4 is 0 Å². The monoisotopic (exact) mass is 306 g/mol. The quantitative estimate of drug-likeness (QED) is 0.519. The SMILES string of the molecule is CC(c1ccncc1)c1ccc2c(c1)[nH]c1ccc(Cl)cc12. The summed E-state index contributed by atoms with van der Waals surface area (Å²) < 4.78 is 0. The molecule has 108 valence electrons. The molecule has 22 heavy (non-hydrogen) atoms. The Kier molecular flexibility index (Phi) is 3.12. The van der Waals surface area contributed by atoms with Gasteiger partial charge in [0.25, 0.3) is 0 Å². The minimum absolute atomic E-state index is 0.336. The van der Waals surface area contributed by atoms with E-state index >= 15 is 0 Å². The van der Waals surface area contributed by atoms with E-state index in [1.807, 2.05) is 30.6 Å². The van der Waals surface area contributed by atoms with Crippen molar-refractivity contribution in [3.05, 3.63) is 77.1 Å². The normalized spacial score (nSPS) is 12.8. The lowest BCUT2D eigenvalue weighted by atomic mass is 9.93. The number of aromatic amines is 1. The van der Waals surface area contributed by atoms with Gasteiger partial charge in [0.05, 0.1) is 0 Å². The summed E-state index contributed by atoms with van der Waals surface area (Å²) in [7, 11) is 0. The first-order chi connectivity index (χ1) is 10.7. The van der Waals surface area contributed by atoms with E-state index in [0.717, 1.165) is 16.1 Å². The predicted molar refractivity (Wildman–Crippen MR) is 92.6 cm³/mol. The van der Waals surface area contributed by atoms with Crippen molar-refractivity contribution in [2.75, 3.05) is 0 Å². The van der Waals surface area contributed by atoms with E-state index in [2.05, 4.69) is 47.2 Å². The number of rotatable bonds is 2. The molecule has 4 aromatic rings. The molecule has 1 atom stereocenters. The molecule has 2 heterocycles. The molecule has 0 amide bonds. The predicted octanol–water partition coefficient (Wildman–Crippen LogP) is 5.52. The Morgan fingerprint density at radius 1 is 0.864 bits per heavy atom. The number of aromatic nitrogens is 2. The molecule has 0 saturated heterocycles. The van der Waals surface area contributed by atoms with Crippen molar-refractivity contribution in [1.29, 1.82) is 0 Å². The summed E-state index contributed by atoms with van der Waals surface area (Å²) >= 11 is 6.12. The third-order valence-electron chi connectivity index (χ3n) is 4.29. The minimum Gasteiger partial charge on any atom is -0.355 e. The number of hydrogen-bond donors (Lipinski definition) is 1. The van der Waals surface area contributed by atoms with Crippen molar-refractivity contribution in [3.8, 4) is 0 Å². The lowest BCUT2D eigenvalue weighted by molar-refractivity contribution is 0.919. The van der Waals surface area contributed by atoms with Gasteiger partial charge in [-0.15, -0.1) is 0 Å². The van der Waals surface area contributed by atoms with E-state index in [1.54, 1.807) is 0 Å². The number of pyridine rings is 1. The van der Waals surface area contributed by atoms with E-state index in [-0.39, 0.29) is 0 Å². The van der Waals surface area contributed by atoms with E-state index in [1.165, 1.54) is 21.9 Å². The Labute approximate surface area is 133 Å². The molecule has 2 nitrogen and oxygen atoms in total. The number of nitrogens with zero attached hydrogens (tertiary/aromatic N) is 1. The third kappa shape index (κ3) is 2.16. The second kappa shape index (κ2) is 5.15. The zero-order chi connectivity index (χ0) is 15.1. The fraction of sp³-hybridized carbons (Fsp3) is 0.105. The molecular formula is C19H15ClN2. The molecule has 3 heteroatoms. The highest BCUT2D eigenvalue weighted by Gasteiger charge is 2.11. The Hall–Kier alpha value is -2.32. The second-order valence-electron chi connectivity index (χ2n) is 5.62. The van der Waals surface area contributed by atoms with Crippen molar-refractivity contribution in [2.24, 2.45) is 0 Å². The standard InChI is InChI=1S/C19H15ClN2/c1-12(13-6-8-21-9-7-13)14-2-4-16-17-11-15(20)3-5-18(17)22-19(16)10-14/h2-12,22H,1H3. The smallest absolute Gasteiger partial charge is 0.0467 e. The summed E-state index contributed by atoms with van der Waals surface area (Å²) in [6.45, 7) is 2.22. The van der Waals surface area contributed by atoms with Crippen molar-refractivity contribution in [2.45, 2.75) is 12.8 Å². The van der Waals surface area contributed by atoms with Crippen LogP contribution in [0.3, 0.4) is 0 Å². The Morgan fingerprint density at radius 2 is 1.68 bits per heavy atom. The summed E-state index contributed by atoms with van der Waals surface area (Å²) in [5, 5.41) is 3.15. The van der Waals surface area contributed by atoms with Gasteiger partial charge in [-0.25, -0.2) is 0 Å². The van der Waals surface area contributed by atoms with Crippen molar-refractivity contribution >= 4 is 33.4 Å². The molecule has 0 aliphatic carbocycles. The van der Waals surface area contributed by atoms with Gasteiger partial charge in [-0.3, -0.25) is 4.98 Å². The molecule has 0 bridgehead atoms. The molecule has 0 radical (unpaired) electrons. The summed E-state index contributed by atoms with van der Waals surface area (Å²) in [5.41, 5.74) is 4.83. The van der Waals surface area contributed by atoms with E-state index in [9.17, 15) is 0 Å². The maximum atomic E-state index is 6.12. The number of benzene rings is 2. The first kappa shape index (κ1) is 13.4. The fourth-order valence-electron chi connectivity index (χ4n) is 3.01.